The lowest BCUT2D eigenvalue weighted by molar-refractivity contribution is 0.102. The predicted molar refractivity (Wildman–Crippen MR) is 97.3 cm³/mol. The van der Waals surface area contributed by atoms with Gasteiger partial charge in [0, 0.05) is 17.1 Å². The molecule has 0 fully saturated rings. The molecule has 26 heavy (non-hydrogen) atoms. The summed E-state index contributed by atoms with van der Waals surface area (Å²) in [6, 6.07) is 10.1. The predicted octanol–water partition coefficient (Wildman–Crippen LogP) is 4.82. The Hall–Kier alpha value is -3.00. The van der Waals surface area contributed by atoms with Crippen LogP contribution in [0, 0.1) is 11.6 Å². The quantitative estimate of drug-likeness (QED) is 0.649. The van der Waals surface area contributed by atoms with Crippen LogP contribution in [0.2, 0.25) is 0 Å². The van der Waals surface area contributed by atoms with Crippen molar-refractivity contribution >= 4 is 33.8 Å². The lowest BCUT2D eigenvalue weighted by atomic mass is 10.3. The Morgan fingerprint density at radius 3 is 2.69 bits per heavy atom. The van der Waals surface area contributed by atoms with Gasteiger partial charge in [-0.3, -0.25) is 4.79 Å². The molecule has 1 amide bonds. The molecule has 5 nitrogen and oxygen atoms in total. The highest BCUT2D eigenvalue weighted by Crippen LogP contribution is 2.24. The van der Waals surface area contributed by atoms with Gasteiger partial charge in [0.1, 0.15) is 23.1 Å². The van der Waals surface area contributed by atoms with Crippen molar-refractivity contribution in [3.05, 3.63) is 65.2 Å². The van der Waals surface area contributed by atoms with Crippen molar-refractivity contribution in [1.82, 2.24) is 4.98 Å². The second-order valence-electron chi connectivity index (χ2n) is 5.20. The van der Waals surface area contributed by atoms with E-state index in [1.165, 1.54) is 16.7 Å². The van der Waals surface area contributed by atoms with E-state index in [-0.39, 0.29) is 11.4 Å². The van der Waals surface area contributed by atoms with E-state index >= 15 is 0 Å². The molecule has 0 spiro atoms. The van der Waals surface area contributed by atoms with Gasteiger partial charge in [-0.15, -0.1) is 11.3 Å². The molecule has 0 aliphatic heterocycles. The highest BCUT2D eigenvalue weighted by molar-refractivity contribution is 7.14. The molecule has 1 aromatic heterocycles. The minimum atomic E-state index is -0.720. The lowest BCUT2D eigenvalue weighted by Crippen LogP contribution is -2.13. The van der Waals surface area contributed by atoms with Gasteiger partial charge in [-0.25, -0.2) is 13.8 Å². The largest absolute Gasteiger partial charge is 0.494 e. The number of hydrogen-bond acceptors (Lipinski definition) is 5. The molecule has 0 aliphatic rings. The number of carbonyl (C=O) groups excluding carboxylic acids is 1. The van der Waals surface area contributed by atoms with Gasteiger partial charge in [0.05, 0.1) is 12.3 Å². The molecule has 0 radical (unpaired) electrons. The number of ether oxygens (including phenoxy) is 1. The zero-order valence-electron chi connectivity index (χ0n) is 13.8. The molecular weight excluding hydrogens is 360 g/mol. The lowest BCUT2D eigenvalue weighted by Gasteiger charge is -2.06. The Morgan fingerprint density at radius 2 is 1.96 bits per heavy atom. The first-order valence-electron chi connectivity index (χ1n) is 7.77. The molecule has 0 bridgehead atoms. The summed E-state index contributed by atoms with van der Waals surface area (Å²) in [5, 5.41) is 7.41. The van der Waals surface area contributed by atoms with Crippen molar-refractivity contribution in [3.63, 3.8) is 0 Å². The Kier molecular flexibility index (Phi) is 5.43. The van der Waals surface area contributed by atoms with Gasteiger partial charge >= 0.3 is 0 Å². The van der Waals surface area contributed by atoms with E-state index in [2.05, 4.69) is 15.6 Å². The van der Waals surface area contributed by atoms with Gasteiger partial charge < -0.3 is 15.4 Å². The van der Waals surface area contributed by atoms with Crippen molar-refractivity contribution in [1.29, 1.82) is 0 Å². The summed E-state index contributed by atoms with van der Waals surface area (Å²) in [7, 11) is 0. The fourth-order valence-corrected chi connectivity index (χ4v) is 2.85. The van der Waals surface area contributed by atoms with E-state index in [1.807, 2.05) is 31.2 Å². The maximum absolute atomic E-state index is 13.6. The fraction of sp³-hybridized carbons (Fsp3) is 0.111. The zero-order valence-corrected chi connectivity index (χ0v) is 14.6. The van der Waals surface area contributed by atoms with E-state index in [9.17, 15) is 13.6 Å². The summed E-state index contributed by atoms with van der Waals surface area (Å²) < 4.78 is 32.1. The number of aromatic nitrogens is 1. The van der Waals surface area contributed by atoms with E-state index in [1.54, 1.807) is 0 Å². The van der Waals surface area contributed by atoms with Crippen LogP contribution in [0.3, 0.4) is 0 Å². The molecule has 3 aromatic rings. The molecule has 1 heterocycles. The number of benzene rings is 2. The number of rotatable bonds is 6. The van der Waals surface area contributed by atoms with Gasteiger partial charge in [0.15, 0.2) is 5.13 Å². The summed E-state index contributed by atoms with van der Waals surface area (Å²) in [5.74, 6) is -1.22. The monoisotopic (exact) mass is 375 g/mol. The SMILES string of the molecule is CCOc1ccc(Nc2nc(C(=O)Nc3cc(F)ccc3F)cs2)cc1. The molecule has 0 unspecified atom stereocenters. The van der Waals surface area contributed by atoms with E-state index < -0.39 is 17.5 Å². The number of carbonyl (C=O) groups is 1. The van der Waals surface area contributed by atoms with Crippen molar-refractivity contribution in [3.8, 4) is 5.75 Å². The second-order valence-corrected chi connectivity index (χ2v) is 6.06. The number of anilines is 3. The van der Waals surface area contributed by atoms with Crippen LogP contribution in [0.25, 0.3) is 0 Å². The van der Waals surface area contributed by atoms with E-state index in [0.717, 1.165) is 29.6 Å². The first kappa shape index (κ1) is 17.8. The molecule has 0 saturated heterocycles. The van der Waals surface area contributed by atoms with Crippen molar-refractivity contribution < 1.29 is 18.3 Å². The molecule has 8 heteroatoms. The van der Waals surface area contributed by atoms with Crippen molar-refractivity contribution in [2.75, 3.05) is 17.2 Å². The van der Waals surface area contributed by atoms with Crippen LogP contribution in [0.15, 0.2) is 47.8 Å². The molecular formula is C18H15F2N3O2S. The first-order chi connectivity index (χ1) is 12.5. The van der Waals surface area contributed by atoms with Crippen molar-refractivity contribution in [2.24, 2.45) is 0 Å². The number of nitrogens with zero attached hydrogens (tertiary/aromatic N) is 1. The number of nitrogens with one attached hydrogen (secondary N) is 2. The highest BCUT2D eigenvalue weighted by Gasteiger charge is 2.14. The highest BCUT2D eigenvalue weighted by atomic mass is 32.1. The van der Waals surface area contributed by atoms with Crippen molar-refractivity contribution in [2.45, 2.75) is 6.92 Å². The maximum Gasteiger partial charge on any atom is 0.275 e. The fourth-order valence-electron chi connectivity index (χ4n) is 2.14. The third-order valence-electron chi connectivity index (χ3n) is 3.33. The van der Waals surface area contributed by atoms with Crippen LogP contribution < -0.4 is 15.4 Å². The average molecular weight is 375 g/mol. The number of halogens is 2. The number of amides is 1. The van der Waals surface area contributed by atoms with Gasteiger partial charge in [-0.2, -0.15) is 0 Å². The molecule has 3 rings (SSSR count). The van der Waals surface area contributed by atoms with Crippen LogP contribution in [-0.2, 0) is 0 Å². The Balaban J connectivity index is 1.67. The van der Waals surface area contributed by atoms with E-state index in [4.69, 9.17) is 4.74 Å². The first-order valence-corrected chi connectivity index (χ1v) is 8.65. The molecule has 0 aliphatic carbocycles. The van der Waals surface area contributed by atoms with Crippen LogP contribution in [0.4, 0.5) is 25.3 Å². The molecule has 134 valence electrons. The Morgan fingerprint density at radius 1 is 1.19 bits per heavy atom. The van der Waals surface area contributed by atoms with Gasteiger partial charge in [-0.05, 0) is 43.3 Å². The molecule has 2 aromatic carbocycles. The van der Waals surface area contributed by atoms with Gasteiger partial charge in [-0.1, -0.05) is 0 Å². The average Bonchev–Trinajstić information content (AvgIpc) is 3.09. The maximum atomic E-state index is 13.6. The Bertz CT molecular complexity index is 913. The standard InChI is InChI=1S/C18H15F2N3O2S/c1-2-25-13-6-4-12(5-7-13)21-18-23-16(10-26-18)17(24)22-15-9-11(19)3-8-14(15)20/h3-10H,2H2,1H3,(H,21,23)(H,22,24). The minimum absolute atomic E-state index is 0.104. The third-order valence-corrected chi connectivity index (χ3v) is 4.09. The molecule has 0 saturated carbocycles. The second kappa shape index (κ2) is 7.92. The minimum Gasteiger partial charge on any atom is -0.494 e. The Labute approximate surface area is 152 Å². The van der Waals surface area contributed by atoms with Crippen LogP contribution in [0.5, 0.6) is 5.75 Å². The summed E-state index contributed by atoms with van der Waals surface area (Å²) in [4.78, 5) is 16.3. The number of thiazole rings is 1. The number of hydrogen-bond donors (Lipinski definition) is 2. The molecule has 0 atom stereocenters. The van der Waals surface area contributed by atoms with Crippen LogP contribution in [0.1, 0.15) is 17.4 Å². The normalized spacial score (nSPS) is 10.4. The molecule has 2 N–H and O–H groups in total. The summed E-state index contributed by atoms with van der Waals surface area (Å²) in [6.45, 7) is 2.49. The summed E-state index contributed by atoms with van der Waals surface area (Å²) in [5.41, 5.74) is 0.655. The van der Waals surface area contributed by atoms with Gasteiger partial charge in [0.2, 0.25) is 0 Å². The van der Waals surface area contributed by atoms with Gasteiger partial charge in [0.25, 0.3) is 5.91 Å². The van der Waals surface area contributed by atoms with Crippen LogP contribution >= 0.6 is 11.3 Å². The topological polar surface area (TPSA) is 63.2 Å². The van der Waals surface area contributed by atoms with E-state index in [0.29, 0.717) is 11.7 Å². The third kappa shape index (κ3) is 4.34. The summed E-state index contributed by atoms with van der Waals surface area (Å²) in [6.07, 6.45) is 0. The zero-order chi connectivity index (χ0) is 18.5. The van der Waals surface area contributed by atoms with Crippen LogP contribution in [-0.4, -0.2) is 17.5 Å². The summed E-state index contributed by atoms with van der Waals surface area (Å²) >= 11 is 1.22. The smallest absolute Gasteiger partial charge is 0.275 e.